The summed E-state index contributed by atoms with van der Waals surface area (Å²) in [5, 5.41) is 7.46. The maximum Gasteiger partial charge on any atom is 0.418 e. The first kappa shape index (κ1) is 14.1. The predicted molar refractivity (Wildman–Crippen MR) is 100 cm³/mol. The fourth-order valence-corrected chi connectivity index (χ4v) is 3.86. The van der Waals surface area contributed by atoms with Crippen LogP contribution in [0, 0.1) is 0 Å². The SMILES string of the molecule is C=COC(=O)N1C=C2C=c3c(ccc4c3ccc3ccccc34)=C2C1. The fraction of sp³-hybridized carbons (Fsp3) is 0.0455. The third-order valence-electron chi connectivity index (χ3n) is 4.98. The van der Waals surface area contributed by atoms with E-state index in [1.165, 1.54) is 37.6 Å². The Kier molecular flexibility index (Phi) is 2.86. The lowest BCUT2D eigenvalue weighted by atomic mass is 10.00. The van der Waals surface area contributed by atoms with E-state index in [1.807, 2.05) is 6.20 Å². The van der Waals surface area contributed by atoms with Gasteiger partial charge in [-0.2, -0.15) is 0 Å². The zero-order valence-electron chi connectivity index (χ0n) is 13.5. The van der Waals surface area contributed by atoms with E-state index in [0.717, 1.165) is 11.8 Å². The van der Waals surface area contributed by atoms with Crippen LogP contribution in [0.1, 0.15) is 0 Å². The molecule has 0 spiro atoms. The summed E-state index contributed by atoms with van der Waals surface area (Å²) >= 11 is 0. The molecular formula is C22H15NO2. The molecule has 120 valence electrons. The van der Waals surface area contributed by atoms with E-state index < -0.39 is 6.09 Å². The van der Waals surface area contributed by atoms with Gasteiger partial charge >= 0.3 is 6.09 Å². The first-order valence-corrected chi connectivity index (χ1v) is 8.22. The van der Waals surface area contributed by atoms with E-state index >= 15 is 0 Å². The van der Waals surface area contributed by atoms with Crippen molar-refractivity contribution in [3.63, 3.8) is 0 Å². The van der Waals surface area contributed by atoms with Gasteiger partial charge in [-0.25, -0.2) is 4.79 Å². The van der Waals surface area contributed by atoms with Gasteiger partial charge in [0.25, 0.3) is 0 Å². The standard InChI is InChI=1S/C22H15NO2/c1-2-25-22(24)23-12-15-11-20-18-8-7-14-5-3-4-6-16(14)17(18)9-10-19(20)21(15)13-23/h2-12H,1,13H2. The van der Waals surface area contributed by atoms with Crippen LogP contribution in [0.4, 0.5) is 4.79 Å². The molecule has 2 aliphatic rings. The Morgan fingerprint density at radius 2 is 1.88 bits per heavy atom. The molecule has 0 fully saturated rings. The Morgan fingerprint density at radius 1 is 1.04 bits per heavy atom. The van der Waals surface area contributed by atoms with Crippen molar-refractivity contribution in [3.05, 3.63) is 83.6 Å². The zero-order chi connectivity index (χ0) is 17.0. The van der Waals surface area contributed by atoms with Gasteiger partial charge in [0.15, 0.2) is 0 Å². The number of carbonyl (C=O) groups excluding carboxylic acids is 1. The number of fused-ring (bicyclic) bond motifs is 6. The highest BCUT2D eigenvalue weighted by Gasteiger charge is 2.26. The lowest BCUT2D eigenvalue weighted by Crippen LogP contribution is -2.29. The van der Waals surface area contributed by atoms with Crippen LogP contribution >= 0.6 is 0 Å². The molecule has 0 aromatic heterocycles. The quantitative estimate of drug-likeness (QED) is 0.507. The van der Waals surface area contributed by atoms with Crippen LogP contribution in [0.2, 0.25) is 0 Å². The Bertz CT molecular complexity index is 1230. The number of carbonyl (C=O) groups is 1. The molecule has 5 rings (SSSR count). The van der Waals surface area contributed by atoms with Crippen molar-refractivity contribution >= 4 is 39.3 Å². The Hall–Kier alpha value is -3.33. The van der Waals surface area contributed by atoms with Crippen LogP contribution in [-0.4, -0.2) is 17.5 Å². The fourth-order valence-electron chi connectivity index (χ4n) is 3.86. The van der Waals surface area contributed by atoms with Gasteiger partial charge in [-0.1, -0.05) is 55.1 Å². The van der Waals surface area contributed by atoms with Gasteiger partial charge in [-0.3, -0.25) is 4.90 Å². The monoisotopic (exact) mass is 325 g/mol. The van der Waals surface area contributed by atoms with E-state index in [-0.39, 0.29) is 0 Å². The van der Waals surface area contributed by atoms with Gasteiger partial charge in [0.1, 0.15) is 0 Å². The van der Waals surface area contributed by atoms with Crippen LogP contribution in [0.15, 0.2) is 73.1 Å². The molecule has 0 atom stereocenters. The van der Waals surface area contributed by atoms with Crippen molar-refractivity contribution < 1.29 is 9.53 Å². The summed E-state index contributed by atoms with van der Waals surface area (Å²) < 4.78 is 4.88. The van der Waals surface area contributed by atoms with Gasteiger partial charge in [0, 0.05) is 6.20 Å². The van der Waals surface area contributed by atoms with E-state index in [4.69, 9.17) is 4.74 Å². The second kappa shape index (κ2) is 5.08. The Labute approximate surface area is 144 Å². The van der Waals surface area contributed by atoms with Crippen molar-refractivity contribution in [2.24, 2.45) is 0 Å². The third-order valence-corrected chi connectivity index (χ3v) is 4.98. The van der Waals surface area contributed by atoms with Crippen molar-refractivity contribution in [1.29, 1.82) is 0 Å². The molecule has 3 heteroatoms. The van der Waals surface area contributed by atoms with Gasteiger partial charge in [0.05, 0.1) is 12.8 Å². The lowest BCUT2D eigenvalue weighted by Gasteiger charge is -2.11. The molecule has 1 amide bonds. The number of hydrogen-bond acceptors (Lipinski definition) is 2. The molecule has 1 aliphatic heterocycles. The minimum atomic E-state index is -0.397. The number of rotatable bonds is 1. The second-order valence-corrected chi connectivity index (χ2v) is 6.29. The van der Waals surface area contributed by atoms with Crippen LogP contribution < -0.4 is 10.4 Å². The zero-order valence-corrected chi connectivity index (χ0v) is 13.5. The van der Waals surface area contributed by atoms with Gasteiger partial charge in [0.2, 0.25) is 0 Å². The summed E-state index contributed by atoms with van der Waals surface area (Å²) in [6, 6.07) is 17.2. The molecule has 3 aromatic carbocycles. The highest BCUT2D eigenvalue weighted by molar-refractivity contribution is 6.08. The largest absolute Gasteiger partial charge is 0.419 e. The molecule has 1 aliphatic carbocycles. The molecular weight excluding hydrogens is 310 g/mol. The van der Waals surface area contributed by atoms with Crippen molar-refractivity contribution in [3.8, 4) is 0 Å². The highest BCUT2D eigenvalue weighted by Crippen LogP contribution is 2.27. The first-order chi connectivity index (χ1) is 12.3. The molecule has 25 heavy (non-hydrogen) atoms. The van der Waals surface area contributed by atoms with Gasteiger partial charge < -0.3 is 4.74 Å². The molecule has 0 saturated heterocycles. The number of hydrogen-bond donors (Lipinski definition) is 0. The molecule has 0 radical (unpaired) electrons. The second-order valence-electron chi connectivity index (χ2n) is 6.29. The van der Waals surface area contributed by atoms with Gasteiger partial charge in [-0.05, 0) is 49.2 Å². The molecule has 0 N–H and O–H groups in total. The maximum absolute atomic E-state index is 11.9. The summed E-state index contributed by atoms with van der Waals surface area (Å²) in [6.45, 7) is 3.97. The van der Waals surface area contributed by atoms with Crippen LogP contribution in [0.25, 0.3) is 33.2 Å². The molecule has 0 saturated carbocycles. The van der Waals surface area contributed by atoms with Crippen LogP contribution in [0.5, 0.6) is 0 Å². The summed E-state index contributed by atoms with van der Waals surface area (Å²) in [7, 11) is 0. The Balaban J connectivity index is 1.74. The molecule has 0 bridgehead atoms. The molecule has 3 aromatic rings. The van der Waals surface area contributed by atoms with Crippen LogP contribution in [-0.2, 0) is 4.74 Å². The summed E-state index contributed by atoms with van der Waals surface area (Å²) in [6.07, 6.45) is 4.79. The third kappa shape index (κ3) is 1.96. The highest BCUT2D eigenvalue weighted by atomic mass is 16.5. The summed E-state index contributed by atoms with van der Waals surface area (Å²) in [5.41, 5.74) is 2.25. The van der Waals surface area contributed by atoms with Crippen molar-refractivity contribution in [2.75, 3.05) is 6.54 Å². The molecule has 0 unspecified atom stereocenters. The number of amides is 1. The van der Waals surface area contributed by atoms with Crippen LogP contribution in [0.3, 0.4) is 0 Å². The van der Waals surface area contributed by atoms with Crippen molar-refractivity contribution in [1.82, 2.24) is 4.90 Å². The minimum absolute atomic E-state index is 0.397. The maximum atomic E-state index is 11.9. The number of benzene rings is 3. The van der Waals surface area contributed by atoms with E-state index in [9.17, 15) is 4.79 Å². The smallest absolute Gasteiger partial charge is 0.418 e. The number of ether oxygens (including phenoxy) is 1. The Morgan fingerprint density at radius 3 is 2.76 bits per heavy atom. The first-order valence-electron chi connectivity index (χ1n) is 8.22. The normalized spacial score (nSPS) is 15.0. The number of nitrogens with zero attached hydrogens (tertiary/aromatic N) is 1. The topological polar surface area (TPSA) is 29.5 Å². The average molecular weight is 325 g/mol. The summed E-state index contributed by atoms with van der Waals surface area (Å²) in [4.78, 5) is 13.5. The van der Waals surface area contributed by atoms with E-state index in [2.05, 4.69) is 61.2 Å². The van der Waals surface area contributed by atoms with Crippen molar-refractivity contribution in [2.45, 2.75) is 0 Å². The van der Waals surface area contributed by atoms with E-state index in [1.54, 1.807) is 4.90 Å². The minimum Gasteiger partial charge on any atom is -0.419 e. The van der Waals surface area contributed by atoms with E-state index in [0.29, 0.717) is 6.54 Å². The molecule has 3 nitrogen and oxygen atoms in total. The average Bonchev–Trinajstić information content (AvgIpc) is 3.19. The summed E-state index contributed by atoms with van der Waals surface area (Å²) in [5.74, 6) is 0. The van der Waals surface area contributed by atoms with Gasteiger partial charge in [-0.15, -0.1) is 0 Å². The lowest BCUT2D eigenvalue weighted by molar-refractivity contribution is 0.159. The molecule has 1 heterocycles. The predicted octanol–water partition coefficient (Wildman–Crippen LogP) is 3.42.